The number of nitrogens with one attached hydrogen (secondary N) is 1. The van der Waals surface area contributed by atoms with Crippen LogP contribution in [-0.4, -0.2) is 27.2 Å². The normalized spacial score (nSPS) is 24.4. The molecule has 0 spiro atoms. The molecule has 106 valence electrons. The van der Waals surface area contributed by atoms with Crippen LogP contribution in [0.4, 0.5) is 11.7 Å². The van der Waals surface area contributed by atoms with E-state index in [4.69, 9.17) is 4.42 Å². The van der Waals surface area contributed by atoms with Crippen molar-refractivity contribution in [3.05, 3.63) is 28.3 Å². The Hall–Kier alpha value is -2.15. The summed E-state index contributed by atoms with van der Waals surface area (Å²) in [4.78, 5) is 14.6. The van der Waals surface area contributed by atoms with Gasteiger partial charge in [0.1, 0.15) is 0 Å². The van der Waals surface area contributed by atoms with Gasteiger partial charge < -0.3 is 14.8 Å². The molecule has 1 aromatic heterocycles. The molecule has 0 aliphatic heterocycles. The summed E-state index contributed by atoms with van der Waals surface area (Å²) in [6, 6.07) is 4.88. The summed E-state index contributed by atoms with van der Waals surface area (Å²) >= 11 is 0. The molecule has 1 saturated carbocycles. The third-order valence-corrected chi connectivity index (χ3v) is 4.11. The van der Waals surface area contributed by atoms with Gasteiger partial charge in [0.2, 0.25) is 0 Å². The van der Waals surface area contributed by atoms with Crippen molar-refractivity contribution in [1.82, 2.24) is 4.98 Å². The van der Waals surface area contributed by atoms with Gasteiger partial charge in [0.05, 0.1) is 11.0 Å². The number of hydrogen-bond donors (Lipinski definition) is 2. The third-order valence-electron chi connectivity index (χ3n) is 4.11. The lowest BCUT2D eigenvalue weighted by molar-refractivity contribution is -0.383. The highest BCUT2D eigenvalue weighted by molar-refractivity contribution is 5.84. The van der Waals surface area contributed by atoms with Crippen LogP contribution in [0, 0.1) is 15.5 Å². The van der Waals surface area contributed by atoms with Gasteiger partial charge in [0.15, 0.2) is 11.1 Å². The minimum atomic E-state index is -0.480. The van der Waals surface area contributed by atoms with E-state index >= 15 is 0 Å². The number of hydrogen-bond acceptors (Lipinski definition) is 6. The monoisotopic (exact) mass is 277 g/mol. The lowest BCUT2D eigenvalue weighted by Gasteiger charge is -2.49. The zero-order chi connectivity index (χ0) is 14.5. The molecule has 7 heteroatoms. The molecule has 2 atom stereocenters. The predicted octanol–water partition coefficient (Wildman–Crippen LogP) is 2.31. The van der Waals surface area contributed by atoms with Gasteiger partial charge in [-0.05, 0) is 12.5 Å². The molecule has 3 rings (SSSR count). The second-order valence-corrected chi connectivity index (χ2v) is 5.67. The number of oxazole rings is 1. The van der Waals surface area contributed by atoms with E-state index in [1.807, 2.05) is 13.8 Å². The highest BCUT2D eigenvalue weighted by Gasteiger charge is 2.47. The van der Waals surface area contributed by atoms with Gasteiger partial charge in [-0.1, -0.05) is 19.9 Å². The van der Waals surface area contributed by atoms with E-state index in [0.717, 1.165) is 0 Å². The molecule has 0 bridgehead atoms. The zero-order valence-corrected chi connectivity index (χ0v) is 11.2. The number of nitro groups is 1. The number of rotatable bonds is 3. The number of anilines is 1. The van der Waals surface area contributed by atoms with Crippen LogP contribution in [0.3, 0.4) is 0 Å². The maximum atomic E-state index is 10.9. The fourth-order valence-electron chi connectivity index (χ4n) is 2.44. The summed E-state index contributed by atoms with van der Waals surface area (Å²) in [6.07, 6.45) is 0.243. The minimum Gasteiger partial charge on any atom is -0.423 e. The number of aromatic nitrogens is 1. The SMILES string of the molecule is CC1(C)C(O)CC1Nc1nc2c([N+](=O)[O-])cccc2o1. The van der Waals surface area contributed by atoms with Crippen LogP contribution < -0.4 is 5.32 Å². The van der Waals surface area contributed by atoms with Gasteiger partial charge in [-0.2, -0.15) is 4.98 Å². The average molecular weight is 277 g/mol. The summed E-state index contributed by atoms with van der Waals surface area (Å²) in [5, 5.41) is 23.7. The maximum absolute atomic E-state index is 10.9. The maximum Gasteiger partial charge on any atom is 0.298 e. The number of benzene rings is 1. The Bertz CT molecular complexity index is 679. The number of nitro benzene ring substituents is 1. The number of non-ortho nitro benzene ring substituents is 1. The molecule has 20 heavy (non-hydrogen) atoms. The molecular formula is C13H15N3O4. The van der Waals surface area contributed by atoms with Gasteiger partial charge in [0.25, 0.3) is 11.7 Å². The Morgan fingerprint density at radius 3 is 2.90 bits per heavy atom. The second kappa shape index (κ2) is 4.17. The summed E-state index contributed by atoms with van der Waals surface area (Å²) in [7, 11) is 0. The first-order valence-electron chi connectivity index (χ1n) is 6.38. The van der Waals surface area contributed by atoms with E-state index in [-0.39, 0.29) is 34.8 Å². The largest absolute Gasteiger partial charge is 0.423 e. The zero-order valence-electron chi connectivity index (χ0n) is 11.2. The van der Waals surface area contributed by atoms with Crippen LogP contribution in [0.5, 0.6) is 0 Å². The Kier molecular flexibility index (Phi) is 2.68. The summed E-state index contributed by atoms with van der Waals surface area (Å²) in [6.45, 7) is 3.90. The Labute approximate surface area is 114 Å². The Morgan fingerprint density at radius 2 is 2.30 bits per heavy atom. The van der Waals surface area contributed by atoms with Gasteiger partial charge in [-0.3, -0.25) is 10.1 Å². The van der Waals surface area contributed by atoms with Crippen molar-refractivity contribution in [3.63, 3.8) is 0 Å². The van der Waals surface area contributed by atoms with Crippen LogP contribution in [0.2, 0.25) is 0 Å². The first-order chi connectivity index (χ1) is 9.39. The highest BCUT2D eigenvalue weighted by Crippen LogP contribution is 2.42. The van der Waals surface area contributed by atoms with Crippen molar-refractivity contribution >= 4 is 22.8 Å². The van der Waals surface area contributed by atoms with Gasteiger partial charge in [-0.25, -0.2) is 0 Å². The fourth-order valence-corrected chi connectivity index (χ4v) is 2.44. The third kappa shape index (κ3) is 1.82. The number of para-hydroxylation sites is 1. The number of aliphatic hydroxyl groups excluding tert-OH is 1. The fraction of sp³-hybridized carbons (Fsp3) is 0.462. The van der Waals surface area contributed by atoms with Gasteiger partial charge in [-0.15, -0.1) is 0 Å². The van der Waals surface area contributed by atoms with E-state index in [1.165, 1.54) is 6.07 Å². The van der Waals surface area contributed by atoms with E-state index in [1.54, 1.807) is 12.1 Å². The molecule has 7 nitrogen and oxygen atoms in total. The van der Waals surface area contributed by atoms with Crippen molar-refractivity contribution in [2.24, 2.45) is 5.41 Å². The van der Waals surface area contributed by atoms with Gasteiger partial charge >= 0.3 is 0 Å². The van der Waals surface area contributed by atoms with Crippen LogP contribution >= 0.6 is 0 Å². The molecule has 1 aliphatic carbocycles. The van der Waals surface area contributed by atoms with Crippen molar-refractivity contribution in [2.45, 2.75) is 32.4 Å². The second-order valence-electron chi connectivity index (χ2n) is 5.67. The number of nitrogens with zero attached hydrogens (tertiary/aromatic N) is 2. The minimum absolute atomic E-state index is 0.0321. The Morgan fingerprint density at radius 1 is 1.55 bits per heavy atom. The summed E-state index contributed by atoms with van der Waals surface area (Å²) in [5.41, 5.74) is 0.260. The van der Waals surface area contributed by atoms with Gasteiger partial charge in [0, 0.05) is 17.5 Å². The van der Waals surface area contributed by atoms with E-state index in [0.29, 0.717) is 12.0 Å². The quantitative estimate of drug-likeness (QED) is 0.659. The molecular weight excluding hydrogens is 262 g/mol. The highest BCUT2D eigenvalue weighted by atomic mass is 16.6. The van der Waals surface area contributed by atoms with Crippen LogP contribution in [0.1, 0.15) is 20.3 Å². The summed E-state index contributed by atoms with van der Waals surface area (Å²) in [5.74, 6) is 0. The van der Waals surface area contributed by atoms with Crippen LogP contribution in [-0.2, 0) is 0 Å². The van der Waals surface area contributed by atoms with Crippen molar-refractivity contribution < 1.29 is 14.4 Å². The first-order valence-corrected chi connectivity index (χ1v) is 6.38. The molecule has 2 N–H and O–H groups in total. The first kappa shape index (κ1) is 12.9. The lowest BCUT2D eigenvalue weighted by Crippen LogP contribution is -2.56. The average Bonchev–Trinajstić information content (AvgIpc) is 2.80. The van der Waals surface area contributed by atoms with E-state index < -0.39 is 4.92 Å². The Balaban J connectivity index is 1.91. The molecule has 1 aromatic carbocycles. The van der Waals surface area contributed by atoms with Crippen molar-refractivity contribution in [3.8, 4) is 0 Å². The van der Waals surface area contributed by atoms with Crippen molar-refractivity contribution in [2.75, 3.05) is 5.32 Å². The topological polar surface area (TPSA) is 101 Å². The summed E-state index contributed by atoms with van der Waals surface area (Å²) < 4.78 is 5.49. The predicted molar refractivity (Wildman–Crippen MR) is 72.5 cm³/mol. The van der Waals surface area contributed by atoms with E-state index in [9.17, 15) is 15.2 Å². The molecule has 1 aliphatic rings. The smallest absolute Gasteiger partial charge is 0.298 e. The molecule has 0 amide bonds. The number of aliphatic hydroxyl groups is 1. The number of fused-ring (bicyclic) bond motifs is 1. The molecule has 2 unspecified atom stereocenters. The lowest BCUT2D eigenvalue weighted by atomic mass is 9.65. The standard InChI is InChI=1S/C13H15N3O4/c1-13(2)9(6-10(13)17)14-12-15-11-7(16(18)19)4-3-5-8(11)20-12/h3-5,9-10,17H,6H2,1-2H3,(H,14,15). The van der Waals surface area contributed by atoms with Crippen LogP contribution in [0.15, 0.2) is 22.6 Å². The molecule has 2 aromatic rings. The molecule has 0 saturated heterocycles. The molecule has 0 radical (unpaired) electrons. The molecule has 1 fully saturated rings. The molecule has 1 heterocycles. The van der Waals surface area contributed by atoms with Crippen LogP contribution in [0.25, 0.3) is 11.1 Å². The van der Waals surface area contributed by atoms with E-state index in [2.05, 4.69) is 10.3 Å². The van der Waals surface area contributed by atoms with Crippen molar-refractivity contribution in [1.29, 1.82) is 0 Å².